The Kier molecular flexibility index (Phi) is 8.86. The SMILES string of the molecule is O=C(CNc1cc(S(=O)(=O)N2CCCCC2)ccc1N1CCOCC1)NCCC1=CCCCC1. The highest BCUT2D eigenvalue weighted by Gasteiger charge is 2.27. The number of benzene rings is 1. The van der Waals surface area contributed by atoms with Crippen LogP contribution in [-0.2, 0) is 19.6 Å². The monoisotopic (exact) mass is 490 g/mol. The number of anilines is 2. The van der Waals surface area contributed by atoms with Gasteiger partial charge in [-0.1, -0.05) is 18.1 Å². The average Bonchev–Trinajstić information content (AvgIpc) is 2.89. The normalized spacial score (nSPS) is 20.0. The molecule has 0 bridgehead atoms. The van der Waals surface area contributed by atoms with Crippen LogP contribution < -0.4 is 15.5 Å². The average molecular weight is 491 g/mol. The zero-order chi connectivity index (χ0) is 23.8. The molecule has 4 rings (SSSR count). The Labute approximate surface area is 203 Å². The van der Waals surface area contributed by atoms with Crippen LogP contribution in [0.4, 0.5) is 11.4 Å². The number of piperidine rings is 1. The predicted molar refractivity (Wildman–Crippen MR) is 135 cm³/mol. The summed E-state index contributed by atoms with van der Waals surface area (Å²) in [6.45, 7) is 4.58. The number of carbonyl (C=O) groups excluding carboxylic acids is 1. The predicted octanol–water partition coefficient (Wildman–Crippen LogP) is 3.12. The molecule has 0 atom stereocenters. The smallest absolute Gasteiger partial charge is 0.243 e. The largest absolute Gasteiger partial charge is 0.378 e. The molecule has 1 aromatic carbocycles. The van der Waals surface area contributed by atoms with Gasteiger partial charge in [-0.05, 0) is 63.1 Å². The van der Waals surface area contributed by atoms with Gasteiger partial charge < -0.3 is 20.3 Å². The van der Waals surface area contributed by atoms with E-state index in [-0.39, 0.29) is 17.3 Å². The van der Waals surface area contributed by atoms with Crippen LogP contribution in [-0.4, -0.2) is 71.1 Å². The Morgan fingerprint density at radius 3 is 2.53 bits per heavy atom. The molecule has 2 fully saturated rings. The number of sulfonamides is 1. The number of carbonyl (C=O) groups is 1. The molecule has 2 N–H and O–H groups in total. The van der Waals surface area contributed by atoms with Crippen LogP contribution in [0.15, 0.2) is 34.7 Å². The van der Waals surface area contributed by atoms with Crippen LogP contribution in [0.5, 0.6) is 0 Å². The van der Waals surface area contributed by atoms with Crippen molar-refractivity contribution in [2.45, 2.75) is 56.3 Å². The number of hydrogen-bond acceptors (Lipinski definition) is 6. The van der Waals surface area contributed by atoms with Crippen LogP contribution in [0, 0.1) is 0 Å². The number of rotatable bonds is 9. The molecule has 0 spiro atoms. The van der Waals surface area contributed by atoms with Gasteiger partial charge >= 0.3 is 0 Å². The number of nitrogens with zero attached hydrogens (tertiary/aromatic N) is 2. The van der Waals surface area contributed by atoms with Crippen molar-refractivity contribution in [1.82, 2.24) is 9.62 Å². The molecule has 3 aliphatic rings. The van der Waals surface area contributed by atoms with Crippen molar-refractivity contribution in [3.05, 3.63) is 29.8 Å². The van der Waals surface area contributed by atoms with E-state index in [4.69, 9.17) is 4.74 Å². The third-order valence-electron chi connectivity index (χ3n) is 6.87. The van der Waals surface area contributed by atoms with E-state index >= 15 is 0 Å². The van der Waals surface area contributed by atoms with E-state index in [2.05, 4.69) is 21.6 Å². The summed E-state index contributed by atoms with van der Waals surface area (Å²) in [6.07, 6.45) is 10.8. The molecule has 0 saturated carbocycles. The molecule has 0 aromatic heterocycles. The van der Waals surface area contributed by atoms with Gasteiger partial charge in [0.25, 0.3) is 0 Å². The zero-order valence-electron chi connectivity index (χ0n) is 20.1. The van der Waals surface area contributed by atoms with Gasteiger partial charge in [-0.25, -0.2) is 8.42 Å². The summed E-state index contributed by atoms with van der Waals surface area (Å²) in [5.74, 6) is -0.0892. The number of allylic oxidation sites excluding steroid dienone is 1. The molecule has 1 aliphatic carbocycles. The van der Waals surface area contributed by atoms with E-state index in [1.807, 2.05) is 6.07 Å². The molecule has 1 aromatic rings. The Bertz CT molecular complexity index is 967. The fourth-order valence-electron chi connectivity index (χ4n) is 4.88. The van der Waals surface area contributed by atoms with E-state index in [0.29, 0.717) is 38.5 Å². The fourth-order valence-corrected chi connectivity index (χ4v) is 6.43. The van der Waals surface area contributed by atoms with Crippen LogP contribution in [0.3, 0.4) is 0 Å². The van der Waals surface area contributed by atoms with Crippen LogP contribution in [0.2, 0.25) is 0 Å². The first kappa shape index (κ1) is 25.0. The molecule has 188 valence electrons. The van der Waals surface area contributed by atoms with Crippen LogP contribution in [0.25, 0.3) is 0 Å². The van der Waals surface area contributed by atoms with E-state index in [9.17, 15) is 13.2 Å². The Morgan fingerprint density at radius 2 is 1.79 bits per heavy atom. The maximum atomic E-state index is 13.2. The summed E-state index contributed by atoms with van der Waals surface area (Å²) in [5.41, 5.74) is 3.01. The first-order chi connectivity index (χ1) is 16.5. The second-order valence-corrected chi connectivity index (χ2v) is 11.2. The number of nitrogens with one attached hydrogen (secondary N) is 2. The minimum atomic E-state index is -3.55. The first-order valence-corrected chi connectivity index (χ1v) is 14.1. The lowest BCUT2D eigenvalue weighted by molar-refractivity contribution is -0.119. The zero-order valence-corrected chi connectivity index (χ0v) is 20.9. The summed E-state index contributed by atoms with van der Waals surface area (Å²) in [5, 5.41) is 6.22. The quantitative estimate of drug-likeness (QED) is 0.517. The van der Waals surface area contributed by atoms with Gasteiger partial charge in [0.05, 0.1) is 36.0 Å². The lowest BCUT2D eigenvalue weighted by Crippen LogP contribution is -2.37. The van der Waals surface area contributed by atoms with Gasteiger partial charge in [0, 0.05) is 32.7 Å². The first-order valence-electron chi connectivity index (χ1n) is 12.7. The summed E-state index contributed by atoms with van der Waals surface area (Å²) in [7, 11) is -3.55. The summed E-state index contributed by atoms with van der Waals surface area (Å²) < 4.78 is 33.5. The molecule has 2 saturated heterocycles. The topological polar surface area (TPSA) is 91.0 Å². The van der Waals surface area contributed by atoms with E-state index < -0.39 is 10.0 Å². The third-order valence-corrected chi connectivity index (χ3v) is 8.76. The molecule has 8 nitrogen and oxygen atoms in total. The summed E-state index contributed by atoms with van der Waals surface area (Å²) >= 11 is 0. The summed E-state index contributed by atoms with van der Waals surface area (Å²) in [6, 6.07) is 5.24. The maximum absolute atomic E-state index is 13.2. The van der Waals surface area contributed by atoms with Crippen molar-refractivity contribution in [3.8, 4) is 0 Å². The molecule has 9 heteroatoms. The second kappa shape index (κ2) is 12.0. The molecule has 0 radical (unpaired) electrons. The van der Waals surface area contributed by atoms with Crippen molar-refractivity contribution < 1.29 is 17.9 Å². The molecule has 34 heavy (non-hydrogen) atoms. The van der Waals surface area contributed by atoms with Gasteiger partial charge in [0.2, 0.25) is 15.9 Å². The van der Waals surface area contributed by atoms with Crippen LogP contribution in [0.1, 0.15) is 51.4 Å². The molecular formula is C25H38N4O4S. The van der Waals surface area contributed by atoms with Crippen molar-refractivity contribution in [2.75, 3.05) is 62.7 Å². The lowest BCUT2D eigenvalue weighted by Gasteiger charge is -2.31. The lowest BCUT2D eigenvalue weighted by atomic mass is 9.97. The van der Waals surface area contributed by atoms with Crippen molar-refractivity contribution in [2.24, 2.45) is 0 Å². The number of hydrogen-bond donors (Lipinski definition) is 2. The molecular weight excluding hydrogens is 452 g/mol. The van der Waals surface area contributed by atoms with Crippen molar-refractivity contribution >= 4 is 27.3 Å². The van der Waals surface area contributed by atoms with Crippen molar-refractivity contribution in [3.63, 3.8) is 0 Å². The standard InChI is InChI=1S/C25H38N4O4S/c30-25(26-12-11-21-7-3-1-4-8-21)20-27-23-19-22(34(31,32)29-13-5-2-6-14-29)9-10-24(23)28-15-17-33-18-16-28/h7,9-10,19,27H,1-6,8,11-18,20H2,(H,26,30). The number of ether oxygens (including phenoxy) is 1. The highest BCUT2D eigenvalue weighted by Crippen LogP contribution is 2.31. The number of amides is 1. The minimum Gasteiger partial charge on any atom is -0.378 e. The molecule has 2 aliphatic heterocycles. The Balaban J connectivity index is 1.43. The second-order valence-electron chi connectivity index (χ2n) is 9.30. The van der Waals surface area contributed by atoms with Crippen LogP contribution >= 0.6 is 0 Å². The molecule has 0 unspecified atom stereocenters. The van der Waals surface area contributed by atoms with Gasteiger partial charge in [0.1, 0.15) is 0 Å². The highest BCUT2D eigenvalue weighted by molar-refractivity contribution is 7.89. The van der Waals surface area contributed by atoms with Gasteiger partial charge in [-0.3, -0.25) is 4.79 Å². The fraction of sp³-hybridized carbons (Fsp3) is 0.640. The highest BCUT2D eigenvalue weighted by atomic mass is 32.2. The Hall–Kier alpha value is -2.10. The third kappa shape index (κ3) is 6.52. The molecule has 1 amide bonds. The van der Waals surface area contributed by atoms with Gasteiger partial charge in [-0.15, -0.1) is 0 Å². The number of morpholine rings is 1. The maximum Gasteiger partial charge on any atom is 0.243 e. The van der Waals surface area contributed by atoms with Gasteiger partial charge in [0.15, 0.2) is 0 Å². The Morgan fingerprint density at radius 1 is 1.00 bits per heavy atom. The van der Waals surface area contributed by atoms with E-state index in [0.717, 1.165) is 57.3 Å². The summed E-state index contributed by atoms with van der Waals surface area (Å²) in [4.78, 5) is 15.0. The molecule has 2 heterocycles. The van der Waals surface area contributed by atoms with E-state index in [1.54, 1.807) is 16.4 Å². The van der Waals surface area contributed by atoms with E-state index in [1.165, 1.54) is 18.4 Å². The van der Waals surface area contributed by atoms with Crippen molar-refractivity contribution in [1.29, 1.82) is 0 Å². The minimum absolute atomic E-state index is 0.0892. The van der Waals surface area contributed by atoms with Gasteiger partial charge in [-0.2, -0.15) is 4.31 Å².